The van der Waals surface area contributed by atoms with E-state index in [9.17, 15) is 18.0 Å². The molecule has 1 amide bonds. The molecule has 0 N–H and O–H groups in total. The van der Waals surface area contributed by atoms with Gasteiger partial charge in [0.05, 0.1) is 11.3 Å². The number of anilines is 1. The number of esters is 1. The molecule has 0 spiro atoms. The zero-order chi connectivity index (χ0) is 25.6. The molecule has 3 aromatic rings. The van der Waals surface area contributed by atoms with Crippen molar-refractivity contribution < 1.29 is 22.7 Å². The average Bonchev–Trinajstić information content (AvgIpc) is 2.85. The highest BCUT2D eigenvalue weighted by atomic mass is 32.2. The van der Waals surface area contributed by atoms with Crippen LogP contribution in [0, 0.1) is 0 Å². The van der Waals surface area contributed by atoms with Gasteiger partial charge in [-0.05, 0) is 50.6 Å². The highest BCUT2D eigenvalue weighted by Gasteiger charge is 2.30. The molecule has 0 heterocycles. The molecule has 7 nitrogen and oxygen atoms in total. The third kappa shape index (κ3) is 6.27. The number of benzene rings is 3. The SMILES string of the molecule is CN(c1ccccc1)S(=O)(=O)c1ccccc1C(=O)OCC(=O)N(Cc1ccccc1)C(C)(C)C. The van der Waals surface area contributed by atoms with Crippen LogP contribution in [-0.2, 0) is 26.1 Å². The summed E-state index contributed by atoms with van der Waals surface area (Å²) in [6.45, 7) is 5.55. The fourth-order valence-corrected chi connectivity index (χ4v) is 4.91. The van der Waals surface area contributed by atoms with Crippen molar-refractivity contribution in [2.75, 3.05) is 18.0 Å². The minimum atomic E-state index is -4.05. The first-order chi connectivity index (χ1) is 16.5. The number of nitrogens with zero attached hydrogens (tertiary/aromatic N) is 2. The zero-order valence-electron chi connectivity index (χ0n) is 20.3. The Kier molecular flexibility index (Phi) is 7.96. The third-order valence-electron chi connectivity index (χ3n) is 5.49. The molecule has 0 unspecified atom stereocenters. The minimum absolute atomic E-state index is 0.131. The molecule has 3 rings (SSSR count). The van der Waals surface area contributed by atoms with Crippen molar-refractivity contribution in [1.82, 2.24) is 4.90 Å². The minimum Gasteiger partial charge on any atom is -0.452 e. The lowest BCUT2D eigenvalue weighted by Gasteiger charge is -2.35. The van der Waals surface area contributed by atoms with Gasteiger partial charge in [-0.3, -0.25) is 9.10 Å². The molecule has 0 saturated carbocycles. The van der Waals surface area contributed by atoms with Crippen molar-refractivity contribution in [2.45, 2.75) is 37.8 Å². The summed E-state index contributed by atoms with van der Waals surface area (Å²) in [5.74, 6) is -1.26. The third-order valence-corrected chi connectivity index (χ3v) is 7.33. The summed E-state index contributed by atoms with van der Waals surface area (Å²) in [5, 5.41) is 0. The molecule has 35 heavy (non-hydrogen) atoms. The fraction of sp³-hybridized carbons (Fsp3) is 0.259. The van der Waals surface area contributed by atoms with E-state index in [1.165, 1.54) is 25.2 Å². The lowest BCUT2D eigenvalue weighted by atomic mass is 10.0. The van der Waals surface area contributed by atoms with E-state index in [4.69, 9.17) is 4.74 Å². The van der Waals surface area contributed by atoms with Crippen LogP contribution in [0.1, 0.15) is 36.7 Å². The molecule has 0 aliphatic carbocycles. The first-order valence-electron chi connectivity index (χ1n) is 11.2. The van der Waals surface area contributed by atoms with E-state index in [1.807, 2.05) is 51.1 Å². The van der Waals surface area contributed by atoms with Crippen LogP contribution in [0.5, 0.6) is 0 Å². The van der Waals surface area contributed by atoms with Crippen LogP contribution in [0.25, 0.3) is 0 Å². The quantitative estimate of drug-likeness (QED) is 0.431. The largest absolute Gasteiger partial charge is 0.452 e. The van der Waals surface area contributed by atoms with Crippen molar-refractivity contribution >= 4 is 27.6 Å². The first kappa shape index (κ1) is 26.0. The predicted molar refractivity (Wildman–Crippen MR) is 136 cm³/mol. The van der Waals surface area contributed by atoms with Crippen LogP contribution in [0.2, 0.25) is 0 Å². The average molecular weight is 495 g/mol. The zero-order valence-corrected chi connectivity index (χ0v) is 21.2. The van der Waals surface area contributed by atoms with E-state index >= 15 is 0 Å². The first-order valence-corrected chi connectivity index (χ1v) is 12.6. The Morgan fingerprint density at radius 2 is 1.37 bits per heavy atom. The summed E-state index contributed by atoms with van der Waals surface area (Å²) in [6, 6.07) is 23.9. The molecule has 184 valence electrons. The smallest absolute Gasteiger partial charge is 0.340 e. The van der Waals surface area contributed by atoms with Gasteiger partial charge in [-0.25, -0.2) is 13.2 Å². The number of rotatable bonds is 8. The second-order valence-electron chi connectivity index (χ2n) is 9.02. The van der Waals surface area contributed by atoms with Gasteiger partial charge in [0.25, 0.3) is 15.9 Å². The molecular weight excluding hydrogens is 464 g/mol. The van der Waals surface area contributed by atoms with Gasteiger partial charge in [-0.1, -0.05) is 60.7 Å². The maximum absolute atomic E-state index is 13.3. The maximum Gasteiger partial charge on any atom is 0.340 e. The van der Waals surface area contributed by atoms with E-state index in [2.05, 4.69) is 0 Å². The summed E-state index contributed by atoms with van der Waals surface area (Å²) >= 11 is 0. The molecule has 0 bridgehead atoms. The van der Waals surface area contributed by atoms with Crippen molar-refractivity contribution in [3.8, 4) is 0 Å². The molecule has 0 atom stereocenters. The Morgan fingerprint density at radius 1 is 0.829 bits per heavy atom. The summed E-state index contributed by atoms with van der Waals surface area (Å²) < 4.78 is 33.0. The van der Waals surface area contributed by atoms with Crippen LogP contribution < -0.4 is 4.31 Å². The Hall–Kier alpha value is -3.65. The number of hydrogen-bond acceptors (Lipinski definition) is 5. The van der Waals surface area contributed by atoms with E-state index in [-0.39, 0.29) is 16.4 Å². The Balaban J connectivity index is 1.79. The number of carbonyl (C=O) groups excluding carboxylic acids is 2. The second-order valence-corrected chi connectivity index (χ2v) is 11.0. The van der Waals surface area contributed by atoms with E-state index < -0.39 is 28.1 Å². The maximum atomic E-state index is 13.3. The van der Waals surface area contributed by atoms with Crippen LogP contribution in [0.4, 0.5) is 5.69 Å². The van der Waals surface area contributed by atoms with Crippen LogP contribution >= 0.6 is 0 Å². The van der Waals surface area contributed by atoms with Gasteiger partial charge in [0.15, 0.2) is 6.61 Å². The molecular formula is C27H30N2O5S. The molecule has 0 aliphatic heterocycles. The summed E-state index contributed by atoms with van der Waals surface area (Å²) in [6.07, 6.45) is 0. The molecule has 8 heteroatoms. The number of hydrogen-bond donors (Lipinski definition) is 0. The normalized spacial score (nSPS) is 11.5. The van der Waals surface area contributed by atoms with Gasteiger partial charge >= 0.3 is 5.97 Å². The van der Waals surface area contributed by atoms with Gasteiger partial charge in [0, 0.05) is 19.1 Å². The van der Waals surface area contributed by atoms with Gasteiger partial charge in [0.2, 0.25) is 0 Å². The number of para-hydroxylation sites is 1. The number of sulfonamides is 1. The second kappa shape index (κ2) is 10.7. The van der Waals surface area contributed by atoms with Crippen molar-refractivity contribution in [3.05, 3.63) is 96.1 Å². The van der Waals surface area contributed by atoms with Crippen LogP contribution in [0.3, 0.4) is 0 Å². The lowest BCUT2D eigenvalue weighted by molar-refractivity contribution is -0.140. The van der Waals surface area contributed by atoms with Gasteiger partial charge in [-0.15, -0.1) is 0 Å². The van der Waals surface area contributed by atoms with Crippen molar-refractivity contribution in [3.63, 3.8) is 0 Å². The number of amides is 1. The molecule has 0 fully saturated rings. The predicted octanol–water partition coefficient (Wildman–Crippen LogP) is 4.50. The highest BCUT2D eigenvalue weighted by molar-refractivity contribution is 7.92. The molecule has 0 aliphatic rings. The summed E-state index contributed by atoms with van der Waals surface area (Å²) in [5.41, 5.74) is 0.752. The van der Waals surface area contributed by atoms with E-state index in [0.29, 0.717) is 12.2 Å². The molecule has 0 radical (unpaired) electrons. The molecule has 0 saturated heterocycles. The van der Waals surface area contributed by atoms with Crippen LogP contribution in [-0.4, -0.2) is 44.4 Å². The van der Waals surface area contributed by atoms with E-state index in [1.54, 1.807) is 41.3 Å². The van der Waals surface area contributed by atoms with Crippen LogP contribution in [0.15, 0.2) is 89.8 Å². The summed E-state index contributed by atoms with van der Waals surface area (Å²) in [4.78, 5) is 27.4. The van der Waals surface area contributed by atoms with Crippen molar-refractivity contribution in [2.24, 2.45) is 0 Å². The van der Waals surface area contributed by atoms with Crippen molar-refractivity contribution in [1.29, 1.82) is 0 Å². The number of ether oxygens (including phenoxy) is 1. The number of carbonyl (C=O) groups is 2. The molecule has 0 aromatic heterocycles. The summed E-state index contributed by atoms with van der Waals surface area (Å²) in [7, 11) is -2.63. The lowest BCUT2D eigenvalue weighted by Crippen LogP contribution is -2.46. The van der Waals surface area contributed by atoms with Gasteiger partial charge < -0.3 is 9.64 Å². The highest BCUT2D eigenvalue weighted by Crippen LogP contribution is 2.25. The van der Waals surface area contributed by atoms with E-state index in [0.717, 1.165) is 9.87 Å². The topological polar surface area (TPSA) is 84.0 Å². The molecule has 3 aromatic carbocycles. The van der Waals surface area contributed by atoms with Gasteiger partial charge in [-0.2, -0.15) is 0 Å². The Labute approximate surface area is 207 Å². The van der Waals surface area contributed by atoms with Gasteiger partial charge in [0.1, 0.15) is 4.90 Å². The Morgan fingerprint density at radius 3 is 1.97 bits per heavy atom. The standard InChI is InChI=1S/C27H30N2O5S/c1-27(2,3)29(19-21-13-7-5-8-14-21)25(30)20-34-26(31)23-17-11-12-18-24(23)35(32,33)28(4)22-15-9-6-10-16-22/h5-18H,19-20H2,1-4H3. The Bertz CT molecular complexity index is 1270. The monoisotopic (exact) mass is 494 g/mol. The fourth-order valence-electron chi connectivity index (χ4n) is 3.53.